The van der Waals surface area contributed by atoms with Gasteiger partial charge in [-0.2, -0.15) is 0 Å². The molecule has 16 heavy (non-hydrogen) atoms. The maximum absolute atomic E-state index is 3.53. The van der Waals surface area contributed by atoms with Gasteiger partial charge in [0.15, 0.2) is 0 Å². The Morgan fingerprint density at radius 1 is 1.12 bits per heavy atom. The van der Waals surface area contributed by atoms with E-state index in [-0.39, 0.29) is 0 Å². The quantitative estimate of drug-likeness (QED) is 0.728. The highest BCUT2D eigenvalue weighted by molar-refractivity contribution is 5.13. The first-order valence-corrected chi connectivity index (χ1v) is 6.93. The number of rotatable bonds is 1. The van der Waals surface area contributed by atoms with Crippen LogP contribution in [0.1, 0.15) is 45.4 Å². The number of nitrogens with zero attached hydrogens (tertiary/aromatic N) is 1. The van der Waals surface area contributed by atoms with Crippen molar-refractivity contribution in [2.24, 2.45) is 17.8 Å². The predicted octanol–water partition coefficient (Wildman–Crippen LogP) is 2.68. The molecule has 4 fully saturated rings. The van der Waals surface area contributed by atoms with Gasteiger partial charge in [0.25, 0.3) is 0 Å². The fourth-order valence-corrected chi connectivity index (χ4v) is 5.23. The van der Waals surface area contributed by atoms with E-state index >= 15 is 0 Å². The molecule has 0 aromatic carbocycles. The first-order valence-electron chi connectivity index (χ1n) is 6.93. The van der Waals surface area contributed by atoms with Gasteiger partial charge in [-0.1, -0.05) is 0 Å². The summed E-state index contributed by atoms with van der Waals surface area (Å²) in [7, 11) is 0. The second-order valence-corrected chi connectivity index (χ2v) is 6.85. The normalized spacial score (nSPS) is 50.6. The average molecular weight is 218 g/mol. The third-order valence-electron chi connectivity index (χ3n) is 5.45. The van der Waals surface area contributed by atoms with E-state index in [0.717, 1.165) is 24.3 Å². The van der Waals surface area contributed by atoms with Crippen LogP contribution in [0.4, 0.5) is 0 Å². The molecule has 0 spiro atoms. The monoisotopic (exact) mass is 218 g/mol. The molecular formula is C14H22N2. The van der Waals surface area contributed by atoms with Crippen LogP contribution >= 0.6 is 0 Å². The summed E-state index contributed by atoms with van der Waals surface area (Å²) in [5.41, 5.74) is 5.56. The van der Waals surface area contributed by atoms with E-state index in [4.69, 9.17) is 0 Å². The molecule has 0 saturated heterocycles. The van der Waals surface area contributed by atoms with Gasteiger partial charge in [0, 0.05) is 18.3 Å². The molecule has 0 atom stereocenters. The third kappa shape index (κ3) is 1.22. The Morgan fingerprint density at radius 3 is 2.12 bits per heavy atom. The molecule has 1 N–H and O–H groups in total. The molecule has 1 heterocycles. The highest BCUT2D eigenvalue weighted by Gasteiger charge is 2.54. The van der Waals surface area contributed by atoms with E-state index in [1.54, 1.807) is 19.3 Å². The lowest BCUT2D eigenvalue weighted by atomic mass is 9.53. The summed E-state index contributed by atoms with van der Waals surface area (Å²) < 4.78 is 0. The SMILES string of the molecule is CC1=CNN(C23CC4CC(CC(C4)C2)C3)C1. The second kappa shape index (κ2) is 3.04. The summed E-state index contributed by atoms with van der Waals surface area (Å²) in [6.07, 6.45) is 11.2. The molecule has 5 aliphatic rings. The van der Waals surface area contributed by atoms with Crippen molar-refractivity contribution in [1.82, 2.24) is 10.4 Å². The Hall–Kier alpha value is -0.500. The molecule has 88 valence electrons. The molecule has 0 amide bonds. The van der Waals surface area contributed by atoms with E-state index < -0.39 is 0 Å². The fourth-order valence-electron chi connectivity index (χ4n) is 5.23. The highest BCUT2D eigenvalue weighted by Crippen LogP contribution is 2.57. The topological polar surface area (TPSA) is 15.3 Å². The van der Waals surface area contributed by atoms with Gasteiger partial charge in [-0.3, -0.25) is 0 Å². The van der Waals surface area contributed by atoms with E-state index in [0.29, 0.717) is 5.54 Å². The van der Waals surface area contributed by atoms with Gasteiger partial charge in [0.05, 0.1) is 0 Å². The first-order chi connectivity index (χ1) is 7.73. The Morgan fingerprint density at radius 2 is 1.69 bits per heavy atom. The van der Waals surface area contributed by atoms with Gasteiger partial charge >= 0.3 is 0 Å². The van der Waals surface area contributed by atoms with Gasteiger partial charge < -0.3 is 5.43 Å². The molecule has 0 aromatic rings. The molecule has 0 aromatic heterocycles. The summed E-state index contributed by atoms with van der Waals surface area (Å²) >= 11 is 0. The zero-order valence-corrected chi connectivity index (χ0v) is 10.2. The molecule has 4 saturated carbocycles. The van der Waals surface area contributed by atoms with E-state index in [9.17, 15) is 0 Å². The van der Waals surface area contributed by atoms with Crippen molar-refractivity contribution in [3.63, 3.8) is 0 Å². The number of hydrogen-bond donors (Lipinski definition) is 1. The van der Waals surface area contributed by atoms with Gasteiger partial charge in [0.2, 0.25) is 0 Å². The zero-order chi connectivity index (χ0) is 10.8. The van der Waals surface area contributed by atoms with Gasteiger partial charge in [0.1, 0.15) is 0 Å². The van der Waals surface area contributed by atoms with Gasteiger partial charge in [-0.05, 0) is 68.8 Å². The van der Waals surface area contributed by atoms with E-state index in [1.165, 1.54) is 24.8 Å². The Bertz CT molecular complexity index is 309. The van der Waals surface area contributed by atoms with Crippen LogP contribution in [0.2, 0.25) is 0 Å². The Labute approximate surface area is 98.1 Å². The maximum atomic E-state index is 3.53. The van der Waals surface area contributed by atoms with Crippen molar-refractivity contribution in [2.45, 2.75) is 51.0 Å². The average Bonchev–Trinajstić information content (AvgIpc) is 2.63. The van der Waals surface area contributed by atoms with Gasteiger partial charge in [-0.15, -0.1) is 0 Å². The molecule has 5 rings (SSSR count). The number of nitrogens with one attached hydrogen (secondary N) is 1. The van der Waals surface area contributed by atoms with Crippen LogP contribution in [0, 0.1) is 17.8 Å². The maximum Gasteiger partial charge on any atom is 0.0413 e. The summed E-state index contributed by atoms with van der Waals surface area (Å²) in [4.78, 5) is 0. The van der Waals surface area contributed by atoms with Crippen LogP contribution in [-0.4, -0.2) is 17.1 Å². The first kappa shape index (κ1) is 9.52. The minimum Gasteiger partial charge on any atom is -0.325 e. The summed E-state index contributed by atoms with van der Waals surface area (Å²) in [6.45, 7) is 3.40. The molecule has 4 bridgehead atoms. The molecule has 1 aliphatic heterocycles. The lowest BCUT2D eigenvalue weighted by molar-refractivity contribution is -0.0955. The van der Waals surface area contributed by atoms with Crippen LogP contribution < -0.4 is 5.43 Å². The molecule has 0 unspecified atom stereocenters. The third-order valence-corrected chi connectivity index (χ3v) is 5.45. The summed E-state index contributed by atoms with van der Waals surface area (Å²) in [5, 5.41) is 2.58. The fraction of sp³-hybridized carbons (Fsp3) is 0.857. The van der Waals surface area contributed by atoms with Crippen molar-refractivity contribution in [3.8, 4) is 0 Å². The lowest BCUT2D eigenvalue weighted by Gasteiger charge is -2.59. The van der Waals surface area contributed by atoms with Crippen molar-refractivity contribution in [2.75, 3.05) is 6.54 Å². The minimum absolute atomic E-state index is 0.531. The number of hydrazine groups is 1. The molecule has 2 nitrogen and oxygen atoms in total. The standard InChI is InChI=1S/C14H22N2/c1-10-8-15-16(9-10)14-5-11-2-12(6-14)4-13(3-11)7-14/h8,11-13,15H,2-7,9H2,1H3. The lowest BCUT2D eigenvalue weighted by Crippen LogP contribution is -2.61. The largest absolute Gasteiger partial charge is 0.325 e. The second-order valence-electron chi connectivity index (χ2n) is 6.85. The van der Waals surface area contributed by atoms with Gasteiger partial charge in [-0.25, -0.2) is 5.01 Å². The zero-order valence-electron chi connectivity index (χ0n) is 10.2. The molecule has 0 radical (unpaired) electrons. The summed E-state index contributed by atoms with van der Waals surface area (Å²) in [5.74, 6) is 3.15. The van der Waals surface area contributed by atoms with Crippen LogP contribution in [0.3, 0.4) is 0 Å². The van der Waals surface area contributed by atoms with Crippen LogP contribution in [0.25, 0.3) is 0 Å². The Kier molecular flexibility index (Phi) is 1.81. The van der Waals surface area contributed by atoms with Crippen LogP contribution in [0.5, 0.6) is 0 Å². The predicted molar refractivity (Wildman–Crippen MR) is 64.5 cm³/mol. The van der Waals surface area contributed by atoms with Crippen molar-refractivity contribution in [1.29, 1.82) is 0 Å². The molecule has 2 heteroatoms. The van der Waals surface area contributed by atoms with Crippen molar-refractivity contribution < 1.29 is 0 Å². The molecular weight excluding hydrogens is 196 g/mol. The molecule has 4 aliphatic carbocycles. The highest BCUT2D eigenvalue weighted by atomic mass is 15.5. The minimum atomic E-state index is 0.531. The smallest absolute Gasteiger partial charge is 0.0413 e. The van der Waals surface area contributed by atoms with Crippen LogP contribution in [0.15, 0.2) is 11.8 Å². The summed E-state index contributed by atoms with van der Waals surface area (Å²) in [6, 6.07) is 0. The van der Waals surface area contributed by atoms with E-state index in [1.807, 2.05) is 0 Å². The van der Waals surface area contributed by atoms with Crippen LogP contribution in [-0.2, 0) is 0 Å². The van der Waals surface area contributed by atoms with E-state index in [2.05, 4.69) is 23.6 Å². The van der Waals surface area contributed by atoms with Crippen molar-refractivity contribution in [3.05, 3.63) is 11.8 Å². The Balaban J connectivity index is 1.62. The number of hydrogen-bond acceptors (Lipinski definition) is 2. The van der Waals surface area contributed by atoms with Crippen molar-refractivity contribution >= 4 is 0 Å².